The number of carboxylic acid groups (broad SMARTS) is 1. The number of hydrogen-bond donors (Lipinski definition) is 1. The number of ether oxygens (including phenoxy) is 2. The van der Waals surface area contributed by atoms with Gasteiger partial charge in [-0.1, -0.05) is 6.07 Å². The molecule has 110 valence electrons. The minimum absolute atomic E-state index is 0.136. The lowest BCUT2D eigenvalue weighted by atomic mass is 10.1. The molecule has 21 heavy (non-hydrogen) atoms. The first-order chi connectivity index (χ1) is 10.2. The predicted octanol–water partition coefficient (Wildman–Crippen LogP) is 2.80. The van der Waals surface area contributed by atoms with Crippen LogP contribution in [0.2, 0.25) is 0 Å². The highest BCUT2D eigenvalue weighted by Gasteiger charge is 2.12. The maximum absolute atomic E-state index is 11.1. The minimum Gasteiger partial charge on any atom is -0.497 e. The molecule has 1 aromatic heterocycles. The lowest BCUT2D eigenvalue weighted by molar-refractivity contribution is 0.0692. The van der Waals surface area contributed by atoms with Crippen molar-refractivity contribution in [1.82, 2.24) is 4.98 Å². The van der Waals surface area contributed by atoms with Crippen LogP contribution in [0.3, 0.4) is 0 Å². The third-order valence-electron chi connectivity index (χ3n) is 3.01. The molecule has 0 spiro atoms. The van der Waals surface area contributed by atoms with Gasteiger partial charge in [-0.2, -0.15) is 0 Å². The largest absolute Gasteiger partial charge is 0.497 e. The number of aromatic carboxylic acids is 1. The Balaban J connectivity index is 1.94. The van der Waals surface area contributed by atoms with Crippen LogP contribution in [0.25, 0.3) is 0 Å². The van der Waals surface area contributed by atoms with Gasteiger partial charge in [0.1, 0.15) is 17.1 Å². The molecule has 0 aliphatic carbocycles. The fourth-order valence-electron chi connectivity index (χ4n) is 1.93. The number of carbonyl (C=O) groups is 1. The van der Waals surface area contributed by atoms with Crippen LogP contribution in [-0.4, -0.2) is 29.8 Å². The number of aromatic nitrogens is 1. The van der Waals surface area contributed by atoms with Crippen LogP contribution in [-0.2, 0) is 6.42 Å². The van der Waals surface area contributed by atoms with Crippen LogP contribution in [0.4, 0.5) is 0 Å². The number of rotatable bonds is 7. The summed E-state index contributed by atoms with van der Waals surface area (Å²) in [5.74, 6) is -0.116. The Morgan fingerprint density at radius 3 is 2.86 bits per heavy atom. The Morgan fingerprint density at radius 2 is 2.19 bits per heavy atom. The molecule has 0 unspecified atom stereocenters. The molecule has 2 aromatic rings. The van der Waals surface area contributed by atoms with Gasteiger partial charge in [0.25, 0.3) is 0 Å². The summed E-state index contributed by atoms with van der Waals surface area (Å²) < 4.78 is 10.7. The van der Waals surface area contributed by atoms with E-state index in [4.69, 9.17) is 14.6 Å². The van der Waals surface area contributed by atoms with Crippen molar-refractivity contribution in [2.24, 2.45) is 0 Å². The van der Waals surface area contributed by atoms with Crippen molar-refractivity contribution in [1.29, 1.82) is 0 Å². The van der Waals surface area contributed by atoms with E-state index in [0.29, 0.717) is 18.1 Å². The molecule has 0 saturated carbocycles. The van der Waals surface area contributed by atoms with E-state index in [1.54, 1.807) is 18.3 Å². The molecule has 0 saturated heterocycles. The van der Waals surface area contributed by atoms with E-state index >= 15 is 0 Å². The van der Waals surface area contributed by atoms with Crippen LogP contribution in [0.1, 0.15) is 22.3 Å². The van der Waals surface area contributed by atoms with Crippen LogP contribution >= 0.6 is 0 Å². The van der Waals surface area contributed by atoms with E-state index in [-0.39, 0.29) is 5.56 Å². The zero-order valence-electron chi connectivity index (χ0n) is 11.8. The van der Waals surface area contributed by atoms with Crippen molar-refractivity contribution >= 4 is 5.97 Å². The second-order valence-electron chi connectivity index (χ2n) is 4.48. The number of benzene rings is 1. The molecule has 5 nitrogen and oxygen atoms in total. The zero-order chi connectivity index (χ0) is 15.1. The van der Waals surface area contributed by atoms with Crippen molar-refractivity contribution in [2.45, 2.75) is 12.8 Å². The fourth-order valence-corrected chi connectivity index (χ4v) is 1.93. The van der Waals surface area contributed by atoms with E-state index in [0.717, 1.165) is 18.4 Å². The normalized spacial score (nSPS) is 10.1. The predicted molar refractivity (Wildman–Crippen MR) is 78.0 cm³/mol. The van der Waals surface area contributed by atoms with Crippen molar-refractivity contribution in [3.05, 3.63) is 53.9 Å². The summed E-state index contributed by atoms with van der Waals surface area (Å²) >= 11 is 0. The van der Waals surface area contributed by atoms with Gasteiger partial charge in [-0.3, -0.25) is 4.98 Å². The minimum atomic E-state index is -1.01. The molecule has 0 bridgehead atoms. The summed E-state index contributed by atoms with van der Waals surface area (Å²) in [5.41, 5.74) is 1.27. The summed E-state index contributed by atoms with van der Waals surface area (Å²) in [6, 6.07) is 8.57. The quantitative estimate of drug-likeness (QED) is 0.793. The Morgan fingerprint density at radius 1 is 1.33 bits per heavy atom. The molecule has 0 radical (unpaired) electrons. The van der Waals surface area contributed by atoms with E-state index in [9.17, 15) is 4.79 Å². The van der Waals surface area contributed by atoms with Crippen LogP contribution in [0.15, 0.2) is 42.7 Å². The molecule has 0 atom stereocenters. The van der Waals surface area contributed by atoms with Gasteiger partial charge < -0.3 is 14.6 Å². The van der Waals surface area contributed by atoms with Crippen LogP contribution in [0, 0.1) is 0 Å². The van der Waals surface area contributed by atoms with E-state index in [2.05, 4.69) is 4.98 Å². The van der Waals surface area contributed by atoms with Gasteiger partial charge in [0.15, 0.2) is 0 Å². The Kier molecular flexibility index (Phi) is 5.15. The molecule has 5 heteroatoms. The van der Waals surface area contributed by atoms with Crippen molar-refractivity contribution < 1.29 is 19.4 Å². The molecule has 0 amide bonds. The number of hydrogen-bond acceptors (Lipinski definition) is 4. The number of nitrogens with zero attached hydrogens (tertiary/aromatic N) is 1. The van der Waals surface area contributed by atoms with E-state index in [1.165, 1.54) is 13.2 Å². The Bertz CT molecular complexity index is 598. The number of aryl methyl sites for hydroxylation is 1. The smallest absolute Gasteiger partial charge is 0.339 e. The average Bonchev–Trinajstić information content (AvgIpc) is 2.52. The molecule has 1 aromatic carbocycles. The molecular weight excluding hydrogens is 270 g/mol. The number of pyridine rings is 1. The summed E-state index contributed by atoms with van der Waals surface area (Å²) in [4.78, 5) is 15.2. The molecule has 0 fully saturated rings. The monoisotopic (exact) mass is 287 g/mol. The van der Waals surface area contributed by atoms with E-state index in [1.807, 2.05) is 18.3 Å². The molecule has 1 N–H and O–H groups in total. The summed E-state index contributed by atoms with van der Waals surface area (Å²) in [7, 11) is 1.53. The highest BCUT2D eigenvalue weighted by Crippen LogP contribution is 2.25. The first kappa shape index (κ1) is 14.8. The summed E-state index contributed by atoms with van der Waals surface area (Å²) in [5, 5.41) is 9.13. The lowest BCUT2D eigenvalue weighted by Crippen LogP contribution is -2.05. The third kappa shape index (κ3) is 4.21. The molecular formula is C16H17NO4. The van der Waals surface area contributed by atoms with Gasteiger partial charge >= 0.3 is 5.97 Å². The maximum Gasteiger partial charge on any atom is 0.339 e. The SMILES string of the molecule is COc1ccc(C(=O)O)c(OCCCc2cccnc2)c1. The summed E-state index contributed by atoms with van der Waals surface area (Å²) in [6.07, 6.45) is 5.16. The van der Waals surface area contributed by atoms with Gasteiger partial charge in [-0.05, 0) is 36.6 Å². The summed E-state index contributed by atoms with van der Waals surface area (Å²) in [6.45, 7) is 0.433. The molecule has 0 aliphatic heterocycles. The fraction of sp³-hybridized carbons (Fsp3) is 0.250. The Hall–Kier alpha value is -2.56. The highest BCUT2D eigenvalue weighted by molar-refractivity contribution is 5.91. The van der Waals surface area contributed by atoms with Gasteiger partial charge in [0, 0.05) is 18.5 Å². The zero-order valence-corrected chi connectivity index (χ0v) is 11.8. The standard InChI is InChI=1S/C16H17NO4/c1-20-13-6-7-14(16(18)19)15(10-13)21-9-3-5-12-4-2-8-17-11-12/h2,4,6-8,10-11H,3,5,9H2,1H3,(H,18,19). The lowest BCUT2D eigenvalue weighted by Gasteiger charge is -2.10. The third-order valence-corrected chi connectivity index (χ3v) is 3.01. The number of carboxylic acids is 1. The topological polar surface area (TPSA) is 68.7 Å². The van der Waals surface area contributed by atoms with Gasteiger partial charge in [-0.25, -0.2) is 4.79 Å². The van der Waals surface area contributed by atoms with Crippen molar-refractivity contribution in [2.75, 3.05) is 13.7 Å². The molecule has 2 rings (SSSR count). The second-order valence-corrected chi connectivity index (χ2v) is 4.48. The van der Waals surface area contributed by atoms with Crippen LogP contribution < -0.4 is 9.47 Å². The van der Waals surface area contributed by atoms with Crippen molar-refractivity contribution in [3.8, 4) is 11.5 Å². The van der Waals surface area contributed by atoms with Gasteiger partial charge in [0.2, 0.25) is 0 Å². The molecule has 1 heterocycles. The Labute approximate surface area is 123 Å². The maximum atomic E-state index is 11.1. The van der Waals surface area contributed by atoms with Gasteiger partial charge in [-0.15, -0.1) is 0 Å². The number of methoxy groups -OCH3 is 1. The second kappa shape index (κ2) is 7.28. The molecule has 0 aliphatic rings. The van der Waals surface area contributed by atoms with Gasteiger partial charge in [0.05, 0.1) is 13.7 Å². The first-order valence-corrected chi connectivity index (χ1v) is 6.63. The first-order valence-electron chi connectivity index (χ1n) is 6.63. The average molecular weight is 287 g/mol. The van der Waals surface area contributed by atoms with Crippen molar-refractivity contribution in [3.63, 3.8) is 0 Å². The van der Waals surface area contributed by atoms with Crippen LogP contribution in [0.5, 0.6) is 11.5 Å². The van der Waals surface area contributed by atoms with E-state index < -0.39 is 5.97 Å². The highest BCUT2D eigenvalue weighted by atomic mass is 16.5.